The number of ether oxygens (including phenoxy) is 2. The number of aryl methyl sites for hydroxylation is 1. The van der Waals surface area contributed by atoms with Crippen LogP contribution in [0.25, 0.3) is 0 Å². The number of aliphatic hydroxyl groups excluding tert-OH is 1. The van der Waals surface area contributed by atoms with Crippen LogP contribution >= 0.6 is 0 Å². The molecule has 2 saturated heterocycles. The Kier molecular flexibility index (Phi) is 9.01. The molecule has 2 heterocycles. The molecule has 0 amide bonds. The Bertz CT molecular complexity index is 601. The smallest absolute Gasteiger partial charge is 0.296 e. The van der Waals surface area contributed by atoms with Gasteiger partial charge in [0.25, 0.3) is 10.1 Å². The third kappa shape index (κ3) is 7.32. The van der Waals surface area contributed by atoms with Gasteiger partial charge < -0.3 is 14.6 Å². The van der Waals surface area contributed by atoms with Crippen LogP contribution < -0.4 is 0 Å². The second-order valence-corrected chi connectivity index (χ2v) is 8.28. The van der Waals surface area contributed by atoms with Crippen LogP contribution in [0.5, 0.6) is 0 Å². The van der Waals surface area contributed by atoms with Crippen molar-refractivity contribution >= 4 is 10.1 Å². The highest BCUT2D eigenvalue weighted by molar-refractivity contribution is 7.86. The minimum atomic E-state index is -3.62. The molecule has 3 rings (SSSR count). The van der Waals surface area contributed by atoms with Gasteiger partial charge >= 0.3 is 0 Å². The van der Waals surface area contributed by atoms with Crippen molar-refractivity contribution in [3.05, 3.63) is 29.8 Å². The van der Waals surface area contributed by atoms with Gasteiger partial charge in [0.1, 0.15) is 0 Å². The van der Waals surface area contributed by atoms with Crippen LogP contribution in [0, 0.1) is 6.92 Å². The molecule has 7 heteroatoms. The second kappa shape index (κ2) is 11.0. The highest BCUT2D eigenvalue weighted by Crippen LogP contribution is 2.18. The summed E-state index contributed by atoms with van der Waals surface area (Å²) >= 11 is 0. The normalized spacial score (nSPS) is 22.8. The first-order chi connectivity index (χ1) is 12.5. The zero-order valence-electron chi connectivity index (χ0n) is 15.4. The van der Waals surface area contributed by atoms with Crippen molar-refractivity contribution in [2.75, 3.05) is 26.4 Å². The lowest BCUT2D eigenvalue weighted by Crippen LogP contribution is -2.13. The molecule has 0 radical (unpaired) electrons. The summed E-state index contributed by atoms with van der Waals surface area (Å²) in [6.45, 7) is 4.03. The van der Waals surface area contributed by atoms with Gasteiger partial charge in [-0.25, -0.2) is 0 Å². The van der Waals surface area contributed by atoms with Gasteiger partial charge in [0.05, 0.1) is 23.7 Å². The Labute approximate surface area is 156 Å². The van der Waals surface area contributed by atoms with Gasteiger partial charge in [0.2, 0.25) is 0 Å². The van der Waals surface area contributed by atoms with E-state index in [9.17, 15) is 8.42 Å². The summed E-state index contributed by atoms with van der Waals surface area (Å²) in [5, 5.41) is 8.45. The predicted octanol–water partition coefficient (Wildman–Crippen LogP) is 2.82. The Morgan fingerprint density at radius 1 is 1.04 bits per heavy atom. The molecule has 1 aromatic carbocycles. The van der Waals surface area contributed by atoms with Crippen LogP contribution in [-0.2, 0) is 23.8 Å². The van der Waals surface area contributed by atoms with Crippen molar-refractivity contribution in [1.82, 2.24) is 0 Å². The summed E-state index contributed by atoms with van der Waals surface area (Å²) in [7, 11) is -3.62. The highest BCUT2D eigenvalue weighted by Gasteiger charge is 2.19. The predicted molar refractivity (Wildman–Crippen MR) is 98.6 cm³/mol. The van der Waals surface area contributed by atoms with Crippen LogP contribution in [-0.4, -0.2) is 52.2 Å². The molecule has 0 aliphatic carbocycles. The maximum absolute atomic E-state index is 11.9. The summed E-state index contributed by atoms with van der Waals surface area (Å²) < 4.78 is 39.4. The van der Waals surface area contributed by atoms with E-state index in [1.807, 2.05) is 6.92 Å². The highest BCUT2D eigenvalue weighted by atomic mass is 32.2. The molecule has 2 aliphatic heterocycles. The summed E-state index contributed by atoms with van der Waals surface area (Å²) in [4.78, 5) is 0.209. The molecule has 2 atom stereocenters. The lowest BCUT2D eigenvalue weighted by molar-refractivity contribution is 0.0868. The van der Waals surface area contributed by atoms with E-state index in [-0.39, 0.29) is 24.2 Å². The Morgan fingerprint density at radius 3 is 2.12 bits per heavy atom. The first-order valence-corrected chi connectivity index (χ1v) is 10.7. The quantitative estimate of drug-likeness (QED) is 0.726. The van der Waals surface area contributed by atoms with Gasteiger partial charge in [-0.2, -0.15) is 8.42 Å². The summed E-state index contributed by atoms with van der Waals surface area (Å²) in [6.07, 6.45) is 6.32. The maximum atomic E-state index is 11.9. The lowest BCUT2D eigenvalue weighted by Gasteiger charge is -2.09. The van der Waals surface area contributed by atoms with E-state index in [0.717, 1.165) is 44.5 Å². The van der Waals surface area contributed by atoms with Gasteiger partial charge in [-0.15, -0.1) is 0 Å². The Balaban J connectivity index is 0.000000254. The van der Waals surface area contributed by atoms with Crippen molar-refractivity contribution in [1.29, 1.82) is 0 Å². The van der Waals surface area contributed by atoms with E-state index in [1.165, 1.54) is 6.42 Å². The number of hydrogen-bond donors (Lipinski definition) is 1. The third-order valence-corrected chi connectivity index (χ3v) is 5.81. The SMILES string of the molecule is Cc1ccc(S(=O)(=O)OCCC2CCCO2)cc1.OCCC1CCCO1. The summed E-state index contributed by atoms with van der Waals surface area (Å²) in [5.74, 6) is 0. The number of rotatable bonds is 7. The van der Waals surface area contributed by atoms with Crippen molar-refractivity contribution < 1.29 is 27.2 Å². The minimum Gasteiger partial charge on any atom is -0.396 e. The van der Waals surface area contributed by atoms with Crippen molar-refractivity contribution in [2.45, 2.75) is 62.6 Å². The van der Waals surface area contributed by atoms with Crippen LogP contribution in [0.2, 0.25) is 0 Å². The molecule has 26 heavy (non-hydrogen) atoms. The van der Waals surface area contributed by atoms with Crippen molar-refractivity contribution in [2.24, 2.45) is 0 Å². The molecule has 2 fully saturated rings. The average Bonchev–Trinajstić information content (AvgIpc) is 3.30. The average molecular weight is 387 g/mol. The minimum absolute atomic E-state index is 0.151. The summed E-state index contributed by atoms with van der Waals surface area (Å²) in [5.41, 5.74) is 1.02. The molecule has 0 aromatic heterocycles. The van der Waals surface area contributed by atoms with E-state index in [1.54, 1.807) is 24.3 Å². The van der Waals surface area contributed by atoms with E-state index >= 15 is 0 Å². The lowest BCUT2D eigenvalue weighted by atomic mass is 10.2. The van der Waals surface area contributed by atoms with Crippen LogP contribution in [0.1, 0.15) is 44.1 Å². The first kappa shape index (κ1) is 21.3. The molecular weight excluding hydrogens is 356 g/mol. The number of benzene rings is 1. The maximum Gasteiger partial charge on any atom is 0.296 e. The first-order valence-electron chi connectivity index (χ1n) is 9.31. The molecular formula is C19H30O6S. The number of aliphatic hydroxyl groups is 1. The molecule has 0 bridgehead atoms. The number of hydrogen-bond acceptors (Lipinski definition) is 6. The van der Waals surface area contributed by atoms with Gasteiger partial charge in [-0.05, 0) is 57.6 Å². The molecule has 0 spiro atoms. The van der Waals surface area contributed by atoms with Crippen molar-refractivity contribution in [3.63, 3.8) is 0 Å². The molecule has 0 saturated carbocycles. The van der Waals surface area contributed by atoms with E-state index in [4.69, 9.17) is 18.8 Å². The van der Waals surface area contributed by atoms with Gasteiger partial charge in [-0.3, -0.25) is 4.18 Å². The molecule has 1 N–H and O–H groups in total. The zero-order valence-corrected chi connectivity index (χ0v) is 16.2. The van der Waals surface area contributed by atoms with Crippen molar-refractivity contribution in [3.8, 4) is 0 Å². The van der Waals surface area contributed by atoms with Crippen LogP contribution in [0.3, 0.4) is 0 Å². The molecule has 1 aromatic rings. The molecule has 2 unspecified atom stereocenters. The Morgan fingerprint density at radius 2 is 1.62 bits per heavy atom. The van der Waals surface area contributed by atoms with Gasteiger partial charge in [0.15, 0.2) is 0 Å². The molecule has 148 valence electrons. The molecule has 6 nitrogen and oxygen atoms in total. The third-order valence-electron chi connectivity index (χ3n) is 4.49. The fraction of sp³-hybridized carbons (Fsp3) is 0.684. The summed E-state index contributed by atoms with van der Waals surface area (Å²) in [6, 6.07) is 6.65. The van der Waals surface area contributed by atoms with Crippen LogP contribution in [0.15, 0.2) is 29.2 Å². The van der Waals surface area contributed by atoms with Gasteiger partial charge in [0, 0.05) is 19.8 Å². The van der Waals surface area contributed by atoms with E-state index < -0.39 is 10.1 Å². The van der Waals surface area contributed by atoms with E-state index in [2.05, 4.69) is 0 Å². The van der Waals surface area contributed by atoms with Crippen LogP contribution in [0.4, 0.5) is 0 Å². The largest absolute Gasteiger partial charge is 0.396 e. The monoisotopic (exact) mass is 386 g/mol. The van der Waals surface area contributed by atoms with Gasteiger partial charge in [-0.1, -0.05) is 17.7 Å². The topological polar surface area (TPSA) is 82.1 Å². The second-order valence-electron chi connectivity index (χ2n) is 6.66. The standard InChI is InChI=1S/C13H18O4S.C6H12O2/c1-11-4-6-13(7-5-11)18(14,15)17-10-8-12-3-2-9-16-12;7-4-3-6-2-1-5-8-6/h4-7,12H,2-3,8-10H2,1H3;6-7H,1-5H2. The Hall–Kier alpha value is -0.990. The molecule has 2 aliphatic rings. The van der Waals surface area contributed by atoms with E-state index in [0.29, 0.717) is 12.5 Å². The fourth-order valence-corrected chi connectivity index (χ4v) is 3.87. The zero-order chi connectivity index (χ0) is 18.8. The fourth-order valence-electron chi connectivity index (χ4n) is 2.95.